The Balaban J connectivity index is 0.000000355. The molecule has 0 aliphatic heterocycles. The summed E-state index contributed by atoms with van der Waals surface area (Å²) in [5.41, 5.74) is 7.08. The van der Waals surface area contributed by atoms with Crippen molar-refractivity contribution < 1.29 is 23.8 Å². The Morgan fingerprint density at radius 2 is 1.41 bits per heavy atom. The average Bonchev–Trinajstić information content (AvgIpc) is 2.95. The number of aryl methyl sites for hydroxylation is 2. The minimum Gasteiger partial charge on any atom is -0.496 e. The van der Waals surface area contributed by atoms with Gasteiger partial charge in [-0.15, -0.1) is 0 Å². The smallest absolute Gasteiger partial charge is 0.173 e. The summed E-state index contributed by atoms with van der Waals surface area (Å²) in [5, 5.41) is 0. The maximum atomic E-state index is 13.3. The van der Waals surface area contributed by atoms with Crippen LogP contribution in [-0.4, -0.2) is 33.4 Å². The first kappa shape index (κ1) is 33.7. The minimum atomic E-state index is -0.282. The molecule has 1 aliphatic carbocycles. The number of carbonyl (C=O) groups is 2. The van der Waals surface area contributed by atoms with E-state index in [-0.39, 0.29) is 36.5 Å². The molecule has 0 heterocycles. The molecule has 0 amide bonds. The fourth-order valence-corrected chi connectivity index (χ4v) is 4.94. The Bertz CT molecular complexity index is 1410. The first-order valence-corrected chi connectivity index (χ1v) is 13.6. The second kappa shape index (κ2) is 14.4. The monoisotopic (exact) mass is 576 g/mol. The molecule has 1 aliphatic rings. The predicted octanol–water partition coefficient (Wildman–Crippen LogP) is 8.01. The topological polar surface area (TPSA) is 61.8 Å². The van der Waals surface area contributed by atoms with Gasteiger partial charge in [0.2, 0.25) is 0 Å². The van der Waals surface area contributed by atoms with Gasteiger partial charge in [0.25, 0.3) is 0 Å². The standard InChI is InChI=1S/C24H28O3.C11H14O2.H2S/c1-15-7-8-17(13-21(15)26-5)16(2)22(25)20-10-9-18-14-24(3,4)12-11-19(18)23(20)27-6;1-8-4-5-10(9(2)7-12)6-11(8)13-3;/h7-13,16H,14H2,1-6H3;4-7,9H,1-3H3;1H2/t16-;9-;/m01./s1. The van der Waals surface area contributed by atoms with E-state index < -0.39 is 0 Å². The number of carbonyl (C=O) groups excluding carboxylic acids is 2. The summed E-state index contributed by atoms with van der Waals surface area (Å²) in [7, 11) is 4.93. The van der Waals surface area contributed by atoms with Gasteiger partial charge in [-0.1, -0.05) is 70.2 Å². The van der Waals surface area contributed by atoms with Gasteiger partial charge in [-0.05, 0) is 71.7 Å². The number of Topliss-reactive ketones (excluding diaryl/α,β-unsaturated/α-hetero) is 1. The molecular weight excluding hydrogens is 532 g/mol. The number of hydrogen-bond acceptors (Lipinski definition) is 5. The lowest BCUT2D eigenvalue weighted by Gasteiger charge is -2.27. The van der Waals surface area contributed by atoms with E-state index in [0.29, 0.717) is 11.3 Å². The highest BCUT2D eigenvalue weighted by atomic mass is 32.1. The Labute approximate surface area is 252 Å². The number of benzene rings is 3. The molecule has 0 bridgehead atoms. The molecule has 0 fully saturated rings. The van der Waals surface area contributed by atoms with E-state index in [1.54, 1.807) is 21.3 Å². The summed E-state index contributed by atoms with van der Waals surface area (Å²) in [6, 6.07) is 15.8. The zero-order valence-corrected chi connectivity index (χ0v) is 26.8. The van der Waals surface area contributed by atoms with Crippen LogP contribution in [0.25, 0.3) is 6.08 Å². The number of allylic oxidation sites excluding steroid dienone is 1. The van der Waals surface area contributed by atoms with Gasteiger partial charge in [-0.25, -0.2) is 0 Å². The summed E-state index contributed by atoms with van der Waals surface area (Å²) in [6.07, 6.45) is 6.16. The number of hydrogen-bond donors (Lipinski definition) is 0. The molecule has 3 aromatic rings. The summed E-state index contributed by atoms with van der Waals surface area (Å²) in [5.74, 6) is 2.03. The molecule has 41 heavy (non-hydrogen) atoms. The van der Waals surface area contributed by atoms with Crippen molar-refractivity contribution in [2.75, 3.05) is 21.3 Å². The zero-order chi connectivity index (χ0) is 29.6. The third-order valence-electron chi connectivity index (χ3n) is 7.59. The minimum absolute atomic E-state index is 0. The molecule has 0 N–H and O–H groups in total. The van der Waals surface area contributed by atoms with Crippen molar-refractivity contribution in [3.8, 4) is 17.2 Å². The summed E-state index contributed by atoms with van der Waals surface area (Å²) < 4.78 is 16.3. The Morgan fingerprint density at radius 3 is 1.95 bits per heavy atom. The molecule has 0 saturated heterocycles. The van der Waals surface area contributed by atoms with Crippen LogP contribution in [0.5, 0.6) is 17.2 Å². The molecule has 4 rings (SSSR count). The van der Waals surface area contributed by atoms with E-state index >= 15 is 0 Å². The third-order valence-corrected chi connectivity index (χ3v) is 7.59. The largest absolute Gasteiger partial charge is 0.496 e. The van der Waals surface area contributed by atoms with E-state index in [1.807, 2.05) is 70.2 Å². The molecule has 0 unspecified atom stereocenters. The van der Waals surface area contributed by atoms with Crippen molar-refractivity contribution in [3.05, 3.63) is 93.6 Å². The molecular formula is C35H44O5S. The van der Waals surface area contributed by atoms with Crippen molar-refractivity contribution in [2.24, 2.45) is 5.41 Å². The van der Waals surface area contributed by atoms with Gasteiger partial charge in [0.1, 0.15) is 23.5 Å². The van der Waals surface area contributed by atoms with Gasteiger partial charge in [0, 0.05) is 17.4 Å². The van der Waals surface area contributed by atoms with Crippen LogP contribution in [0.1, 0.15) is 83.3 Å². The maximum absolute atomic E-state index is 13.3. The molecule has 3 aromatic carbocycles. The van der Waals surface area contributed by atoms with Crippen molar-refractivity contribution in [2.45, 2.75) is 59.8 Å². The van der Waals surface area contributed by atoms with Crippen molar-refractivity contribution in [1.29, 1.82) is 0 Å². The zero-order valence-electron chi connectivity index (χ0n) is 25.8. The number of methoxy groups -OCH3 is 3. The van der Waals surface area contributed by atoms with Gasteiger partial charge in [-0.3, -0.25) is 4.79 Å². The lowest BCUT2D eigenvalue weighted by molar-refractivity contribution is -0.108. The predicted molar refractivity (Wildman–Crippen MR) is 173 cm³/mol. The van der Waals surface area contributed by atoms with Crippen LogP contribution in [0, 0.1) is 19.3 Å². The lowest BCUT2D eigenvalue weighted by atomic mass is 9.78. The van der Waals surface area contributed by atoms with Crippen LogP contribution in [0.15, 0.2) is 54.6 Å². The molecule has 0 radical (unpaired) electrons. The van der Waals surface area contributed by atoms with Crippen molar-refractivity contribution in [3.63, 3.8) is 0 Å². The van der Waals surface area contributed by atoms with Crippen LogP contribution >= 0.6 is 13.5 Å². The molecule has 0 spiro atoms. The Hall–Kier alpha value is -3.51. The van der Waals surface area contributed by atoms with Crippen LogP contribution in [0.4, 0.5) is 0 Å². The van der Waals surface area contributed by atoms with E-state index in [4.69, 9.17) is 14.2 Å². The highest BCUT2D eigenvalue weighted by Gasteiger charge is 2.27. The number of aldehydes is 1. The number of ether oxygens (including phenoxy) is 3. The van der Waals surface area contributed by atoms with Gasteiger partial charge in [0.05, 0.1) is 26.9 Å². The fraction of sp³-hybridized carbons (Fsp3) is 0.371. The molecule has 0 saturated carbocycles. The van der Waals surface area contributed by atoms with Crippen molar-refractivity contribution in [1.82, 2.24) is 0 Å². The number of fused-ring (bicyclic) bond motifs is 1. The van der Waals surface area contributed by atoms with E-state index in [2.05, 4.69) is 32.1 Å². The van der Waals surface area contributed by atoms with Crippen LogP contribution in [0.2, 0.25) is 0 Å². The van der Waals surface area contributed by atoms with Gasteiger partial charge in [0.15, 0.2) is 5.78 Å². The summed E-state index contributed by atoms with van der Waals surface area (Å²) in [6.45, 7) is 12.2. The van der Waals surface area contributed by atoms with E-state index in [9.17, 15) is 9.59 Å². The lowest BCUT2D eigenvalue weighted by Crippen LogP contribution is -2.18. The summed E-state index contributed by atoms with van der Waals surface area (Å²) >= 11 is 0. The SMILES string of the molecule is COc1cc([C@H](C)C(=O)c2ccc3c(c2OC)C=CC(C)(C)C3)ccc1C.COc1cc([C@H](C)C=O)ccc1C.S. The van der Waals surface area contributed by atoms with Crippen LogP contribution in [-0.2, 0) is 11.2 Å². The fourth-order valence-electron chi connectivity index (χ4n) is 4.94. The Kier molecular flexibility index (Phi) is 11.8. The van der Waals surface area contributed by atoms with Gasteiger partial charge in [-0.2, -0.15) is 13.5 Å². The first-order valence-electron chi connectivity index (χ1n) is 13.6. The molecule has 0 aromatic heterocycles. The number of rotatable bonds is 8. The normalized spacial score (nSPS) is 14.3. The van der Waals surface area contributed by atoms with Gasteiger partial charge >= 0.3 is 0 Å². The van der Waals surface area contributed by atoms with E-state index in [1.165, 1.54) is 5.56 Å². The Morgan fingerprint density at radius 1 is 0.854 bits per heavy atom. The molecule has 220 valence electrons. The highest BCUT2D eigenvalue weighted by molar-refractivity contribution is 7.59. The van der Waals surface area contributed by atoms with Gasteiger partial charge < -0.3 is 19.0 Å². The van der Waals surface area contributed by atoms with Crippen LogP contribution in [0.3, 0.4) is 0 Å². The molecule has 5 nitrogen and oxygen atoms in total. The quantitative estimate of drug-likeness (QED) is 0.201. The molecule has 6 heteroatoms. The molecule has 2 atom stereocenters. The third kappa shape index (κ3) is 7.82. The highest BCUT2D eigenvalue weighted by Crippen LogP contribution is 2.39. The van der Waals surface area contributed by atoms with Crippen LogP contribution < -0.4 is 14.2 Å². The van der Waals surface area contributed by atoms with E-state index in [0.717, 1.165) is 52.0 Å². The van der Waals surface area contributed by atoms with Crippen molar-refractivity contribution >= 4 is 31.6 Å². The first-order chi connectivity index (χ1) is 19.0. The average molecular weight is 577 g/mol. The summed E-state index contributed by atoms with van der Waals surface area (Å²) in [4.78, 5) is 23.8. The second-order valence-corrected chi connectivity index (χ2v) is 11.2. The maximum Gasteiger partial charge on any atom is 0.173 e. The number of ketones is 1. The second-order valence-electron chi connectivity index (χ2n) is 11.2.